The molecule has 3 rings (SSSR count). The molecule has 1 unspecified atom stereocenters. The number of rotatable bonds is 4. The van der Waals surface area contributed by atoms with Crippen LogP contribution in [0.5, 0.6) is 0 Å². The number of halogens is 2. The number of morpholine rings is 1. The molecule has 0 radical (unpaired) electrons. The summed E-state index contributed by atoms with van der Waals surface area (Å²) in [6.45, 7) is 4.45. The number of para-hydroxylation sites is 2. The summed E-state index contributed by atoms with van der Waals surface area (Å²) in [4.78, 5) is 14.6. The molecular formula is C16H25Cl2N3O2. The van der Waals surface area contributed by atoms with Gasteiger partial charge in [-0.25, -0.2) is 0 Å². The monoisotopic (exact) mass is 361 g/mol. The van der Waals surface area contributed by atoms with Crippen LogP contribution in [0.1, 0.15) is 19.3 Å². The SMILES string of the molecule is Cl.Cl.O=C(CC1CNCCO1)Nc1ccccc1N1CCCC1. The first-order valence-electron chi connectivity index (χ1n) is 7.79. The van der Waals surface area contributed by atoms with E-state index in [1.165, 1.54) is 12.8 Å². The third-order valence-corrected chi connectivity index (χ3v) is 4.04. The summed E-state index contributed by atoms with van der Waals surface area (Å²) in [6, 6.07) is 8.05. The van der Waals surface area contributed by atoms with E-state index in [-0.39, 0.29) is 36.8 Å². The van der Waals surface area contributed by atoms with Crippen molar-refractivity contribution in [2.24, 2.45) is 0 Å². The summed E-state index contributed by atoms with van der Waals surface area (Å²) in [5, 5.41) is 6.29. The second-order valence-corrected chi connectivity index (χ2v) is 5.66. The first-order valence-corrected chi connectivity index (χ1v) is 7.79. The third kappa shape index (κ3) is 5.53. The average Bonchev–Trinajstić information content (AvgIpc) is 3.03. The van der Waals surface area contributed by atoms with Crippen LogP contribution >= 0.6 is 24.8 Å². The van der Waals surface area contributed by atoms with Gasteiger partial charge in [-0.05, 0) is 25.0 Å². The van der Waals surface area contributed by atoms with Crippen LogP contribution in [0.25, 0.3) is 0 Å². The molecule has 2 aliphatic rings. The van der Waals surface area contributed by atoms with Crippen molar-refractivity contribution in [2.45, 2.75) is 25.4 Å². The van der Waals surface area contributed by atoms with Crippen LogP contribution in [0.2, 0.25) is 0 Å². The maximum Gasteiger partial charge on any atom is 0.227 e. The number of nitrogens with zero attached hydrogens (tertiary/aromatic N) is 1. The predicted molar refractivity (Wildman–Crippen MR) is 98.2 cm³/mol. The minimum Gasteiger partial charge on any atom is -0.375 e. The molecule has 1 aromatic carbocycles. The molecule has 2 saturated heterocycles. The molecule has 5 nitrogen and oxygen atoms in total. The second kappa shape index (κ2) is 9.98. The van der Waals surface area contributed by atoms with Gasteiger partial charge in [-0.2, -0.15) is 0 Å². The largest absolute Gasteiger partial charge is 0.375 e. The van der Waals surface area contributed by atoms with Gasteiger partial charge in [0.15, 0.2) is 0 Å². The molecule has 0 aliphatic carbocycles. The Bertz CT molecular complexity index is 490. The van der Waals surface area contributed by atoms with E-state index in [1.807, 2.05) is 18.2 Å². The van der Waals surface area contributed by atoms with E-state index in [0.717, 1.165) is 37.6 Å². The highest BCUT2D eigenvalue weighted by Gasteiger charge is 2.20. The molecule has 23 heavy (non-hydrogen) atoms. The van der Waals surface area contributed by atoms with Gasteiger partial charge < -0.3 is 20.3 Å². The van der Waals surface area contributed by atoms with Crippen LogP contribution in [-0.4, -0.2) is 44.8 Å². The number of anilines is 2. The van der Waals surface area contributed by atoms with Crippen molar-refractivity contribution in [1.82, 2.24) is 5.32 Å². The van der Waals surface area contributed by atoms with E-state index in [4.69, 9.17) is 4.74 Å². The standard InChI is InChI=1S/C16H23N3O2.2ClH/c20-16(11-13-12-17-7-10-21-13)18-14-5-1-2-6-15(14)19-8-3-4-9-19;;/h1-2,5-6,13,17H,3-4,7-12H2,(H,18,20);2*1H. The van der Waals surface area contributed by atoms with Gasteiger partial charge in [0.05, 0.1) is 30.5 Å². The highest BCUT2D eigenvalue weighted by Crippen LogP contribution is 2.28. The Morgan fingerprint density at radius 3 is 2.70 bits per heavy atom. The molecule has 0 spiro atoms. The molecule has 2 N–H and O–H groups in total. The summed E-state index contributed by atoms with van der Waals surface area (Å²) in [7, 11) is 0. The Kier molecular flexibility index (Phi) is 8.69. The van der Waals surface area contributed by atoms with Gasteiger partial charge in [-0.3, -0.25) is 4.79 Å². The maximum atomic E-state index is 12.2. The number of nitrogens with one attached hydrogen (secondary N) is 2. The van der Waals surface area contributed by atoms with Crippen LogP contribution in [0.3, 0.4) is 0 Å². The molecule has 0 saturated carbocycles. The lowest BCUT2D eigenvalue weighted by Crippen LogP contribution is -2.40. The fourth-order valence-electron chi connectivity index (χ4n) is 2.97. The Hall–Kier alpha value is -1.01. The van der Waals surface area contributed by atoms with Crippen LogP contribution in [0.15, 0.2) is 24.3 Å². The topological polar surface area (TPSA) is 53.6 Å². The molecule has 1 atom stereocenters. The van der Waals surface area contributed by atoms with Gasteiger partial charge in [0.25, 0.3) is 0 Å². The predicted octanol–water partition coefficient (Wildman–Crippen LogP) is 2.45. The quantitative estimate of drug-likeness (QED) is 0.864. The number of carbonyl (C=O) groups is 1. The van der Waals surface area contributed by atoms with Gasteiger partial charge in [0.1, 0.15) is 0 Å². The number of benzene rings is 1. The fraction of sp³-hybridized carbons (Fsp3) is 0.562. The highest BCUT2D eigenvalue weighted by molar-refractivity contribution is 5.94. The zero-order valence-electron chi connectivity index (χ0n) is 13.1. The van der Waals surface area contributed by atoms with Crippen molar-refractivity contribution < 1.29 is 9.53 Å². The van der Waals surface area contributed by atoms with Crippen LogP contribution < -0.4 is 15.5 Å². The van der Waals surface area contributed by atoms with Gasteiger partial charge in [-0.15, -0.1) is 24.8 Å². The van der Waals surface area contributed by atoms with E-state index in [1.54, 1.807) is 0 Å². The van der Waals surface area contributed by atoms with Crippen molar-refractivity contribution in [3.05, 3.63) is 24.3 Å². The normalized spacial score (nSPS) is 20.3. The number of amides is 1. The van der Waals surface area contributed by atoms with Gasteiger partial charge in [-0.1, -0.05) is 12.1 Å². The second-order valence-electron chi connectivity index (χ2n) is 5.66. The number of hydrogen-bond acceptors (Lipinski definition) is 4. The summed E-state index contributed by atoms with van der Waals surface area (Å²) in [5.41, 5.74) is 2.04. The van der Waals surface area contributed by atoms with E-state index >= 15 is 0 Å². The Morgan fingerprint density at radius 2 is 2.00 bits per heavy atom. The molecule has 1 aromatic rings. The third-order valence-electron chi connectivity index (χ3n) is 4.04. The van der Waals surface area contributed by atoms with Crippen LogP contribution in [-0.2, 0) is 9.53 Å². The summed E-state index contributed by atoms with van der Waals surface area (Å²) in [5.74, 6) is 0.0235. The first kappa shape index (κ1) is 20.0. The first-order chi connectivity index (χ1) is 10.3. The molecule has 0 aromatic heterocycles. The van der Waals surface area contributed by atoms with E-state index < -0.39 is 0 Å². The van der Waals surface area contributed by atoms with Crippen molar-refractivity contribution in [3.63, 3.8) is 0 Å². The van der Waals surface area contributed by atoms with Gasteiger partial charge in [0.2, 0.25) is 5.91 Å². The zero-order valence-corrected chi connectivity index (χ0v) is 14.8. The van der Waals surface area contributed by atoms with Crippen LogP contribution in [0.4, 0.5) is 11.4 Å². The number of hydrogen-bond donors (Lipinski definition) is 2. The Morgan fingerprint density at radius 1 is 1.26 bits per heavy atom. The van der Waals surface area contributed by atoms with Gasteiger partial charge >= 0.3 is 0 Å². The number of ether oxygens (including phenoxy) is 1. The van der Waals surface area contributed by atoms with E-state index in [2.05, 4.69) is 21.6 Å². The van der Waals surface area contributed by atoms with E-state index in [0.29, 0.717) is 13.0 Å². The Labute approximate surface area is 150 Å². The molecule has 0 bridgehead atoms. The minimum absolute atomic E-state index is 0. The minimum atomic E-state index is -0.0160. The lowest BCUT2D eigenvalue weighted by molar-refractivity contribution is -0.119. The fourth-order valence-corrected chi connectivity index (χ4v) is 2.97. The summed E-state index contributed by atoms with van der Waals surface area (Å²) in [6.07, 6.45) is 2.84. The zero-order chi connectivity index (χ0) is 14.5. The molecule has 2 heterocycles. The lowest BCUT2D eigenvalue weighted by Gasteiger charge is -2.24. The molecular weight excluding hydrogens is 337 g/mol. The molecule has 1 amide bonds. The van der Waals surface area contributed by atoms with Crippen molar-refractivity contribution >= 4 is 42.1 Å². The number of carbonyl (C=O) groups excluding carboxylic acids is 1. The molecule has 2 aliphatic heterocycles. The van der Waals surface area contributed by atoms with Gasteiger partial charge in [0, 0.05) is 26.2 Å². The molecule has 130 valence electrons. The van der Waals surface area contributed by atoms with Crippen molar-refractivity contribution in [1.29, 1.82) is 0 Å². The van der Waals surface area contributed by atoms with Crippen molar-refractivity contribution in [2.75, 3.05) is 43.0 Å². The maximum absolute atomic E-state index is 12.2. The Balaban J connectivity index is 0.00000132. The van der Waals surface area contributed by atoms with E-state index in [9.17, 15) is 4.79 Å². The lowest BCUT2D eigenvalue weighted by atomic mass is 10.2. The highest BCUT2D eigenvalue weighted by atomic mass is 35.5. The van der Waals surface area contributed by atoms with Crippen molar-refractivity contribution in [3.8, 4) is 0 Å². The average molecular weight is 362 g/mol. The molecule has 7 heteroatoms. The smallest absolute Gasteiger partial charge is 0.227 e. The summed E-state index contributed by atoms with van der Waals surface area (Å²) < 4.78 is 5.58. The van der Waals surface area contributed by atoms with Crippen LogP contribution in [0, 0.1) is 0 Å². The summed E-state index contributed by atoms with van der Waals surface area (Å²) >= 11 is 0. The molecule has 2 fully saturated rings.